The van der Waals surface area contributed by atoms with Gasteiger partial charge in [-0.2, -0.15) is 0 Å². The Labute approximate surface area is 583 Å². The van der Waals surface area contributed by atoms with Gasteiger partial charge in [-0.25, -0.2) is 18.4 Å². The van der Waals surface area contributed by atoms with Crippen LogP contribution in [0.1, 0.15) is 91.4 Å². The number of fused-ring (bicyclic) bond motifs is 4. The van der Waals surface area contributed by atoms with Crippen LogP contribution < -0.4 is 26.6 Å². The van der Waals surface area contributed by atoms with E-state index in [1.165, 1.54) is 64.0 Å². The molecule has 15 rings (SSSR count). The van der Waals surface area contributed by atoms with Crippen LogP contribution in [0.3, 0.4) is 0 Å². The number of piperazine rings is 3. The van der Waals surface area contributed by atoms with Crippen LogP contribution in [0.5, 0.6) is 0 Å². The highest BCUT2D eigenvalue weighted by Crippen LogP contribution is 2.34. The molecule has 0 bridgehead atoms. The quantitative estimate of drug-likeness (QED) is 0.0446. The third-order valence-electron chi connectivity index (χ3n) is 20.1. The Balaban J connectivity index is 0.000000135. The molecule has 17 nitrogen and oxygen atoms in total. The van der Waals surface area contributed by atoms with Gasteiger partial charge in [-0.05, 0) is 159 Å². The van der Waals surface area contributed by atoms with Gasteiger partial charge in [0.25, 0.3) is 0 Å². The van der Waals surface area contributed by atoms with Crippen molar-refractivity contribution in [3.8, 4) is 0 Å². The summed E-state index contributed by atoms with van der Waals surface area (Å²) in [6.07, 6.45) is 17.5. The molecule has 0 spiro atoms. The third-order valence-corrected chi connectivity index (χ3v) is 20.1. The number of ether oxygens (including phenoxy) is 2. The maximum atomic E-state index is 13.4. The van der Waals surface area contributed by atoms with Crippen LogP contribution in [0.2, 0.25) is 0 Å². The van der Waals surface area contributed by atoms with E-state index in [0.717, 1.165) is 183 Å². The van der Waals surface area contributed by atoms with Crippen LogP contribution in [0.15, 0.2) is 218 Å². The van der Waals surface area contributed by atoms with Gasteiger partial charge in [0.15, 0.2) is 11.2 Å². The molecule has 4 saturated heterocycles. The molecule has 5 aliphatic rings. The second-order valence-electron chi connectivity index (χ2n) is 26.7. The van der Waals surface area contributed by atoms with Crippen molar-refractivity contribution >= 4 is 50.4 Å². The number of hydrogen-bond donors (Lipinski definition) is 4. The summed E-state index contributed by atoms with van der Waals surface area (Å²) in [6.45, 7) is 16.4. The number of amides is 1. The fraction of sp³-hybridized carbons (Fsp3) is 0.370. The number of allylic oxidation sites excluding steroid dienone is 2. The van der Waals surface area contributed by atoms with Gasteiger partial charge in [-0.3, -0.25) is 29.5 Å². The normalized spacial score (nSPS) is 17.8. The number of anilines is 2. The van der Waals surface area contributed by atoms with E-state index in [1.807, 2.05) is 48.5 Å². The zero-order valence-electron chi connectivity index (χ0n) is 57.0. The van der Waals surface area contributed by atoms with E-state index in [2.05, 4.69) is 147 Å². The molecule has 522 valence electrons. The number of aromatic nitrogens is 3. The summed E-state index contributed by atoms with van der Waals surface area (Å²) in [5, 5.41) is 4.57. The summed E-state index contributed by atoms with van der Waals surface area (Å²) in [4.78, 5) is 58.6. The molecule has 2 atom stereocenters. The number of carbonyl (C=O) groups is 1. The number of H-pyrrole nitrogens is 3. The molecule has 7 aromatic carbocycles. The minimum Gasteiger partial charge on any atom is -0.406 e. The predicted octanol–water partition coefficient (Wildman–Crippen LogP) is 13.4. The number of aryl methyl sites for hydroxylation is 1. The minimum absolute atomic E-state index is 0.0258. The number of rotatable bonds is 23. The van der Waals surface area contributed by atoms with E-state index in [1.54, 1.807) is 24.3 Å². The van der Waals surface area contributed by atoms with E-state index in [0.29, 0.717) is 30.1 Å². The largest absolute Gasteiger partial charge is 0.417 e. The van der Waals surface area contributed by atoms with E-state index in [-0.39, 0.29) is 35.8 Å². The lowest BCUT2D eigenvalue weighted by atomic mass is 9.87. The predicted molar refractivity (Wildman–Crippen MR) is 392 cm³/mol. The Bertz CT molecular complexity index is 4310. The Morgan fingerprint density at radius 3 is 1.46 bits per heavy atom. The van der Waals surface area contributed by atoms with Gasteiger partial charge >= 0.3 is 11.5 Å². The fourth-order valence-electron chi connectivity index (χ4n) is 14.8. The first-order valence-corrected chi connectivity index (χ1v) is 35.8. The number of benzene rings is 7. The standard InChI is InChI=1S/C28H29F2N3O3.C28H31N3O3.C25H32N4O/c29-22-10-6-20(7-11-22)26(21-8-12-23(30)13-9-21)35-19-2-1-14-32-15-17-33(18-16-32)25-5-3-4-24-27(25)36-28(34)31-24;32-28-29-24-14-9-15-25(27(24)34-28)31-19-17-30(18-20-31)16-7-8-21-33-26(22-10-3-1-4-11-22)23-12-5-2-6-13-23;30-25-12-3-8-21-23(27-25)10-4-11-24(21)29-16-14-28(15-17-29)13-5-6-19-18-26-22-9-2-1-7-20(19)22/h3-13,26H,1-2,14-19H2,(H,31,34);1-6,9-15,26H,7-8,16-21H2,(H,29,32);1-2,4,7,9-11,18,21,23,26H,3,5-6,8,12-17H2,(H,27,30). The topological polar surface area (TPSA) is 175 Å². The average molecular weight is 1360 g/mol. The SMILES string of the molecule is O=C1CCCC2C(N3CCN(CCCc4c[nH]c5ccccc45)CC3)=CC=CC2N1.O=c1[nH]c2cccc(N3CCN(CCCCOC(c4ccc(F)cc4)c4ccc(F)cc4)CC3)c2o1.O=c1[nH]c2cccc(N3CCN(CCCCOC(c4ccccc4)c4ccccc4)CC3)c2o1. The van der Waals surface area contributed by atoms with Crippen LogP contribution >= 0.6 is 0 Å². The van der Waals surface area contributed by atoms with Crippen LogP contribution in [0.4, 0.5) is 20.2 Å². The molecule has 0 saturated carbocycles. The van der Waals surface area contributed by atoms with Crippen molar-refractivity contribution in [1.29, 1.82) is 0 Å². The number of nitrogens with one attached hydrogen (secondary N) is 4. The van der Waals surface area contributed by atoms with Crippen molar-refractivity contribution < 1.29 is 31.9 Å². The zero-order valence-corrected chi connectivity index (χ0v) is 57.0. The Morgan fingerprint density at radius 1 is 0.480 bits per heavy atom. The van der Waals surface area contributed by atoms with Crippen LogP contribution in [0, 0.1) is 17.6 Å². The van der Waals surface area contributed by atoms with E-state index in [9.17, 15) is 23.2 Å². The number of aromatic amines is 3. The van der Waals surface area contributed by atoms with Crippen molar-refractivity contribution in [2.75, 3.05) is 121 Å². The van der Waals surface area contributed by atoms with Gasteiger partial charge in [0.05, 0.1) is 28.5 Å². The molecular formula is C81H92F2N10O7. The van der Waals surface area contributed by atoms with Crippen molar-refractivity contribution in [3.05, 3.63) is 261 Å². The van der Waals surface area contributed by atoms with Gasteiger partial charge in [-0.1, -0.05) is 127 Å². The van der Waals surface area contributed by atoms with Crippen LogP contribution in [-0.4, -0.2) is 158 Å². The fourth-order valence-corrected chi connectivity index (χ4v) is 14.8. The Kier molecular flexibility index (Phi) is 23.6. The lowest BCUT2D eigenvalue weighted by Gasteiger charge is -2.41. The molecule has 2 unspecified atom stereocenters. The molecule has 10 aromatic rings. The van der Waals surface area contributed by atoms with Gasteiger partial charge in [0, 0.05) is 127 Å². The third kappa shape index (κ3) is 18.0. The number of para-hydroxylation sites is 3. The lowest BCUT2D eigenvalue weighted by Crippen LogP contribution is -2.49. The number of halogens is 2. The summed E-state index contributed by atoms with van der Waals surface area (Å²) < 4.78 is 50.1. The van der Waals surface area contributed by atoms with Crippen molar-refractivity contribution in [2.45, 2.75) is 76.0 Å². The number of oxazole rings is 2. The molecule has 4 N–H and O–H groups in total. The van der Waals surface area contributed by atoms with E-state index in [4.69, 9.17) is 18.3 Å². The first kappa shape index (κ1) is 69.1. The lowest BCUT2D eigenvalue weighted by molar-refractivity contribution is -0.121. The molecule has 4 aliphatic heterocycles. The molecule has 0 radical (unpaired) electrons. The second-order valence-corrected chi connectivity index (χ2v) is 26.7. The van der Waals surface area contributed by atoms with Gasteiger partial charge in [0.2, 0.25) is 5.91 Å². The molecule has 1 amide bonds. The van der Waals surface area contributed by atoms with Crippen LogP contribution in [-0.2, 0) is 20.7 Å². The molecule has 19 heteroatoms. The number of carbonyl (C=O) groups excluding carboxylic acids is 1. The molecule has 3 aromatic heterocycles. The number of nitrogens with zero attached hydrogens (tertiary/aromatic N) is 6. The van der Waals surface area contributed by atoms with E-state index < -0.39 is 11.5 Å². The summed E-state index contributed by atoms with van der Waals surface area (Å²) >= 11 is 0. The highest BCUT2D eigenvalue weighted by atomic mass is 19.1. The molecule has 1 aliphatic carbocycles. The Morgan fingerprint density at radius 2 is 0.940 bits per heavy atom. The van der Waals surface area contributed by atoms with Crippen molar-refractivity contribution in [1.82, 2.24) is 39.9 Å². The van der Waals surface area contributed by atoms with Gasteiger partial charge in [-0.15, -0.1) is 0 Å². The monoisotopic (exact) mass is 1350 g/mol. The summed E-state index contributed by atoms with van der Waals surface area (Å²) in [6, 6.07) is 53.8. The van der Waals surface area contributed by atoms with Gasteiger partial charge < -0.3 is 43.3 Å². The number of unbranched alkanes of at least 4 members (excludes halogenated alkanes) is 2. The first-order valence-electron chi connectivity index (χ1n) is 35.8. The summed E-state index contributed by atoms with van der Waals surface area (Å²) in [5.74, 6) is -0.787. The van der Waals surface area contributed by atoms with Crippen molar-refractivity contribution in [3.63, 3.8) is 0 Å². The number of hydrogen-bond acceptors (Lipinski definition) is 13. The summed E-state index contributed by atoms with van der Waals surface area (Å²) in [5.41, 5.74) is 12.9. The molecule has 100 heavy (non-hydrogen) atoms. The van der Waals surface area contributed by atoms with Crippen LogP contribution in [0.25, 0.3) is 33.1 Å². The minimum atomic E-state index is -0.431. The smallest absolute Gasteiger partial charge is 0.406 e. The van der Waals surface area contributed by atoms with Crippen molar-refractivity contribution in [2.24, 2.45) is 5.92 Å². The molecular weight excluding hydrogens is 1260 g/mol. The summed E-state index contributed by atoms with van der Waals surface area (Å²) in [7, 11) is 0. The maximum absolute atomic E-state index is 13.4. The van der Waals surface area contributed by atoms with E-state index >= 15 is 0 Å². The highest BCUT2D eigenvalue weighted by molar-refractivity contribution is 5.87. The Hall–Kier alpha value is -9.37. The zero-order chi connectivity index (χ0) is 68.4. The maximum Gasteiger partial charge on any atom is 0.417 e. The second kappa shape index (κ2) is 34.1. The first-order chi connectivity index (χ1) is 49.1. The average Bonchev–Trinajstić information content (AvgIpc) is 1.61. The highest BCUT2D eigenvalue weighted by Gasteiger charge is 2.33. The molecule has 7 heterocycles. The van der Waals surface area contributed by atoms with Gasteiger partial charge in [0.1, 0.15) is 23.8 Å². The molecule has 4 fully saturated rings.